The van der Waals surface area contributed by atoms with E-state index in [1.54, 1.807) is 0 Å². The van der Waals surface area contributed by atoms with Crippen molar-refractivity contribution in [2.75, 3.05) is 0 Å². The largest absolute Gasteiger partial charge is 0.487 e. The molecule has 0 spiro atoms. The molecule has 0 fully saturated rings. The molecule has 0 aliphatic carbocycles. The molecule has 1 N–H and O–H groups in total. The molecule has 4 aromatic rings. The minimum absolute atomic E-state index is 0.494. The standard InChI is InChI=1S/C20H14Br2N2O/c21-14-10-15(20-23-17-8-4-5-9-18(17)24-20)19(16(22)11-14)25-12-13-6-2-1-3-7-13/h1-11H,12H2,(H,23,24). The lowest BCUT2D eigenvalue weighted by atomic mass is 10.2. The van der Waals surface area contributed by atoms with Crippen molar-refractivity contribution in [3.63, 3.8) is 0 Å². The summed E-state index contributed by atoms with van der Waals surface area (Å²) in [5.41, 5.74) is 3.96. The second-order valence-electron chi connectivity index (χ2n) is 5.64. The predicted octanol–water partition coefficient (Wildman–Crippen LogP) is 6.33. The smallest absolute Gasteiger partial charge is 0.145 e. The van der Waals surface area contributed by atoms with E-state index in [2.05, 4.69) is 36.8 Å². The van der Waals surface area contributed by atoms with Crippen LogP contribution in [0.1, 0.15) is 5.56 Å². The molecule has 1 heterocycles. The third kappa shape index (κ3) is 3.48. The molecule has 1 aromatic heterocycles. The average molecular weight is 458 g/mol. The number of H-pyrrole nitrogens is 1. The maximum Gasteiger partial charge on any atom is 0.145 e. The lowest BCUT2D eigenvalue weighted by molar-refractivity contribution is 0.305. The summed E-state index contributed by atoms with van der Waals surface area (Å²) >= 11 is 7.17. The van der Waals surface area contributed by atoms with Gasteiger partial charge in [-0.15, -0.1) is 0 Å². The van der Waals surface area contributed by atoms with Crippen molar-refractivity contribution < 1.29 is 4.74 Å². The summed E-state index contributed by atoms with van der Waals surface area (Å²) in [6, 6.07) is 22.1. The van der Waals surface area contributed by atoms with Gasteiger partial charge in [0.25, 0.3) is 0 Å². The summed E-state index contributed by atoms with van der Waals surface area (Å²) in [7, 11) is 0. The van der Waals surface area contributed by atoms with Crippen LogP contribution in [0.5, 0.6) is 5.75 Å². The van der Waals surface area contributed by atoms with Crippen molar-refractivity contribution >= 4 is 42.9 Å². The monoisotopic (exact) mass is 456 g/mol. The fourth-order valence-corrected chi connectivity index (χ4v) is 4.03. The molecule has 124 valence electrons. The molecule has 3 aromatic carbocycles. The van der Waals surface area contributed by atoms with Gasteiger partial charge in [0.1, 0.15) is 18.2 Å². The molecule has 0 amide bonds. The molecule has 0 aliphatic heterocycles. The Morgan fingerprint density at radius 3 is 2.48 bits per heavy atom. The van der Waals surface area contributed by atoms with Gasteiger partial charge in [-0.1, -0.05) is 58.4 Å². The van der Waals surface area contributed by atoms with Crippen molar-refractivity contribution in [1.29, 1.82) is 0 Å². The highest BCUT2D eigenvalue weighted by atomic mass is 79.9. The van der Waals surface area contributed by atoms with E-state index >= 15 is 0 Å². The molecular weight excluding hydrogens is 444 g/mol. The molecule has 0 saturated heterocycles. The summed E-state index contributed by atoms with van der Waals surface area (Å²) in [6.45, 7) is 0.494. The minimum Gasteiger partial charge on any atom is -0.487 e. The molecule has 4 rings (SSSR count). The number of aromatic amines is 1. The van der Waals surface area contributed by atoms with Crippen molar-refractivity contribution in [2.45, 2.75) is 6.61 Å². The molecule has 0 bridgehead atoms. The molecule has 0 aliphatic rings. The van der Waals surface area contributed by atoms with Crippen molar-refractivity contribution in [3.05, 3.63) is 81.2 Å². The Morgan fingerprint density at radius 2 is 1.68 bits per heavy atom. The van der Waals surface area contributed by atoms with Crippen LogP contribution in [0.3, 0.4) is 0 Å². The molecule has 0 unspecified atom stereocenters. The zero-order chi connectivity index (χ0) is 17.2. The minimum atomic E-state index is 0.494. The van der Waals surface area contributed by atoms with Crippen LogP contribution < -0.4 is 4.74 Å². The summed E-state index contributed by atoms with van der Waals surface area (Å²) in [6.07, 6.45) is 0. The Bertz CT molecular complexity index is 995. The van der Waals surface area contributed by atoms with E-state index in [1.165, 1.54) is 0 Å². The first kappa shape index (κ1) is 16.4. The maximum absolute atomic E-state index is 6.13. The number of hydrogen-bond donors (Lipinski definition) is 1. The lowest BCUT2D eigenvalue weighted by Gasteiger charge is -2.13. The number of ether oxygens (including phenoxy) is 1. The van der Waals surface area contributed by atoms with Gasteiger partial charge < -0.3 is 9.72 Å². The Balaban J connectivity index is 1.75. The lowest BCUT2D eigenvalue weighted by Crippen LogP contribution is -1.98. The highest BCUT2D eigenvalue weighted by Gasteiger charge is 2.15. The molecular formula is C20H14Br2N2O. The van der Waals surface area contributed by atoms with Gasteiger partial charge in [0.05, 0.1) is 21.1 Å². The molecule has 0 saturated carbocycles. The van der Waals surface area contributed by atoms with Crippen LogP contribution in [-0.2, 0) is 6.61 Å². The van der Waals surface area contributed by atoms with Gasteiger partial charge in [-0.25, -0.2) is 4.98 Å². The van der Waals surface area contributed by atoms with Crippen LogP contribution in [0, 0.1) is 0 Å². The van der Waals surface area contributed by atoms with Gasteiger partial charge in [-0.2, -0.15) is 0 Å². The SMILES string of the molecule is Brc1cc(Br)c(OCc2ccccc2)c(-c2nc3ccccc3[nH]2)c1. The van der Waals surface area contributed by atoms with Crippen LogP contribution in [0.4, 0.5) is 0 Å². The van der Waals surface area contributed by atoms with E-state index in [0.717, 1.165) is 42.7 Å². The third-order valence-electron chi connectivity index (χ3n) is 3.88. The summed E-state index contributed by atoms with van der Waals surface area (Å²) in [4.78, 5) is 8.08. The molecule has 3 nitrogen and oxygen atoms in total. The van der Waals surface area contributed by atoms with Gasteiger partial charge >= 0.3 is 0 Å². The number of hydrogen-bond acceptors (Lipinski definition) is 2. The number of rotatable bonds is 4. The summed E-state index contributed by atoms with van der Waals surface area (Å²) in [5, 5.41) is 0. The Hall–Kier alpha value is -2.11. The number of benzene rings is 3. The van der Waals surface area contributed by atoms with Crippen molar-refractivity contribution in [2.24, 2.45) is 0 Å². The zero-order valence-corrected chi connectivity index (χ0v) is 16.3. The number of fused-ring (bicyclic) bond motifs is 1. The van der Waals surface area contributed by atoms with E-state index in [9.17, 15) is 0 Å². The fourth-order valence-electron chi connectivity index (χ4n) is 2.69. The van der Waals surface area contributed by atoms with E-state index < -0.39 is 0 Å². The maximum atomic E-state index is 6.13. The van der Waals surface area contributed by atoms with Crippen molar-refractivity contribution in [3.8, 4) is 17.1 Å². The van der Waals surface area contributed by atoms with Crippen molar-refractivity contribution in [1.82, 2.24) is 9.97 Å². The number of para-hydroxylation sites is 2. The Kier molecular flexibility index (Phi) is 4.59. The molecule has 5 heteroatoms. The van der Waals surface area contributed by atoms with E-state index in [0.29, 0.717) is 6.61 Å². The second kappa shape index (κ2) is 7.02. The van der Waals surface area contributed by atoms with Gasteiger partial charge in [0, 0.05) is 4.47 Å². The quantitative estimate of drug-likeness (QED) is 0.388. The summed E-state index contributed by atoms with van der Waals surface area (Å²) in [5.74, 6) is 1.55. The molecule has 0 radical (unpaired) electrons. The van der Waals surface area contributed by atoms with E-state index in [4.69, 9.17) is 9.72 Å². The fraction of sp³-hybridized carbons (Fsp3) is 0.0500. The average Bonchev–Trinajstić information content (AvgIpc) is 3.05. The van der Waals surface area contributed by atoms with Gasteiger partial charge in [0.2, 0.25) is 0 Å². The Labute approximate surface area is 162 Å². The molecule has 25 heavy (non-hydrogen) atoms. The Morgan fingerprint density at radius 1 is 0.920 bits per heavy atom. The predicted molar refractivity (Wildman–Crippen MR) is 108 cm³/mol. The van der Waals surface area contributed by atoms with Crippen LogP contribution in [0.15, 0.2) is 75.7 Å². The van der Waals surface area contributed by atoms with Crippen LogP contribution in [0.2, 0.25) is 0 Å². The normalized spacial score (nSPS) is 11.0. The summed E-state index contributed by atoms with van der Waals surface area (Å²) < 4.78 is 7.97. The highest BCUT2D eigenvalue weighted by Crippen LogP contribution is 2.39. The van der Waals surface area contributed by atoms with Crippen LogP contribution in [0.25, 0.3) is 22.4 Å². The van der Waals surface area contributed by atoms with E-state index in [1.807, 2.05) is 66.7 Å². The molecule has 0 atom stereocenters. The third-order valence-corrected chi connectivity index (χ3v) is 4.93. The topological polar surface area (TPSA) is 37.9 Å². The zero-order valence-electron chi connectivity index (χ0n) is 13.2. The second-order valence-corrected chi connectivity index (χ2v) is 7.41. The number of imidazole rings is 1. The van der Waals surface area contributed by atoms with E-state index in [-0.39, 0.29) is 0 Å². The highest BCUT2D eigenvalue weighted by molar-refractivity contribution is 9.11. The number of nitrogens with zero attached hydrogens (tertiary/aromatic N) is 1. The van der Waals surface area contributed by atoms with Gasteiger partial charge in [0.15, 0.2) is 0 Å². The first-order valence-electron chi connectivity index (χ1n) is 7.81. The number of halogens is 2. The first-order valence-corrected chi connectivity index (χ1v) is 9.40. The van der Waals surface area contributed by atoms with Gasteiger partial charge in [-0.05, 0) is 45.8 Å². The van der Waals surface area contributed by atoms with Gasteiger partial charge in [-0.3, -0.25) is 0 Å². The first-order chi connectivity index (χ1) is 12.2. The number of aromatic nitrogens is 2. The number of nitrogens with one attached hydrogen (secondary N) is 1. The van der Waals surface area contributed by atoms with Crippen LogP contribution >= 0.6 is 31.9 Å². The van der Waals surface area contributed by atoms with Crippen LogP contribution in [-0.4, -0.2) is 9.97 Å².